The number of aromatic nitrogens is 1. The van der Waals surface area contributed by atoms with Gasteiger partial charge in [-0.25, -0.2) is 4.79 Å². The highest BCUT2D eigenvalue weighted by Crippen LogP contribution is 2.31. The molecule has 2 rings (SSSR count). The number of rotatable bonds is 3. The largest absolute Gasteiger partial charge is 0.417 e. The summed E-state index contributed by atoms with van der Waals surface area (Å²) >= 11 is 11.5. The molecule has 0 unspecified atom stereocenters. The first-order valence-electron chi connectivity index (χ1n) is 6.48. The van der Waals surface area contributed by atoms with Gasteiger partial charge in [0.1, 0.15) is 0 Å². The van der Waals surface area contributed by atoms with E-state index in [9.17, 15) is 18.0 Å². The average Bonchev–Trinajstić information content (AvgIpc) is 2.50. The second kappa shape index (κ2) is 7.55. The third-order valence-electron chi connectivity index (χ3n) is 2.75. The molecule has 0 aliphatic rings. The number of hydrogen-bond acceptors (Lipinski definition) is 2. The molecular formula is C15H10Cl2F3N3O. The summed E-state index contributed by atoms with van der Waals surface area (Å²) in [4.78, 5) is 15.3. The number of urea groups is 1. The van der Waals surface area contributed by atoms with Crippen molar-refractivity contribution in [2.75, 3.05) is 5.32 Å². The smallest absolute Gasteiger partial charge is 0.314 e. The zero-order chi connectivity index (χ0) is 17.7. The molecule has 1 aromatic carbocycles. The van der Waals surface area contributed by atoms with E-state index < -0.39 is 17.8 Å². The molecule has 1 heterocycles. The Morgan fingerprint density at radius 3 is 2.42 bits per heavy atom. The molecule has 0 spiro atoms. The number of nitrogens with one attached hydrogen (secondary N) is 2. The Labute approximate surface area is 145 Å². The lowest BCUT2D eigenvalue weighted by Crippen LogP contribution is -2.23. The first-order valence-corrected chi connectivity index (χ1v) is 7.23. The Morgan fingerprint density at radius 2 is 1.83 bits per heavy atom. The predicted molar refractivity (Wildman–Crippen MR) is 86.9 cm³/mol. The lowest BCUT2D eigenvalue weighted by molar-refractivity contribution is -0.137. The second-order valence-corrected chi connectivity index (χ2v) is 5.37. The van der Waals surface area contributed by atoms with E-state index in [1.54, 1.807) is 24.3 Å². The monoisotopic (exact) mass is 375 g/mol. The first kappa shape index (κ1) is 18.1. The Balaban J connectivity index is 1.96. The van der Waals surface area contributed by atoms with Crippen molar-refractivity contribution in [1.82, 2.24) is 10.3 Å². The van der Waals surface area contributed by atoms with Crippen molar-refractivity contribution in [2.24, 2.45) is 0 Å². The van der Waals surface area contributed by atoms with Gasteiger partial charge < -0.3 is 10.6 Å². The third kappa shape index (κ3) is 5.14. The minimum Gasteiger partial charge on any atom is -0.314 e. The van der Waals surface area contributed by atoms with Crippen molar-refractivity contribution in [3.05, 3.63) is 64.0 Å². The highest BCUT2D eigenvalue weighted by atomic mass is 35.5. The van der Waals surface area contributed by atoms with Crippen molar-refractivity contribution in [1.29, 1.82) is 0 Å². The normalized spacial score (nSPS) is 11.5. The van der Waals surface area contributed by atoms with Crippen molar-refractivity contribution in [3.63, 3.8) is 0 Å². The Hall–Kier alpha value is -2.25. The molecule has 0 saturated heterocycles. The third-order valence-corrected chi connectivity index (χ3v) is 3.31. The van der Waals surface area contributed by atoms with Gasteiger partial charge in [-0.3, -0.25) is 4.98 Å². The van der Waals surface area contributed by atoms with Crippen LogP contribution in [0.5, 0.6) is 0 Å². The summed E-state index contributed by atoms with van der Waals surface area (Å²) < 4.78 is 37.5. The molecule has 126 valence electrons. The van der Waals surface area contributed by atoms with Crippen LogP contribution in [0.1, 0.15) is 11.3 Å². The zero-order valence-electron chi connectivity index (χ0n) is 11.9. The summed E-state index contributed by atoms with van der Waals surface area (Å²) in [5, 5.41) is 5.27. The van der Waals surface area contributed by atoms with Gasteiger partial charge >= 0.3 is 12.2 Å². The molecule has 24 heavy (non-hydrogen) atoms. The molecule has 0 bridgehead atoms. The van der Waals surface area contributed by atoms with E-state index in [2.05, 4.69) is 15.6 Å². The summed E-state index contributed by atoms with van der Waals surface area (Å²) in [6.07, 6.45) is -1.36. The van der Waals surface area contributed by atoms with Crippen LogP contribution >= 0.6 is 23.2 Å². The first-order chi connectivity index (χ1) is 11.3. The van der Waals surface area contributed by atoms with E-state index in [-0.39, 0.29) is 10.7 Å². The minimum atomic E-state index is -4.52. The van der Waals surface area contributed by atoms with Crippen LogP contribution in [0.25, 0.3) is 6.08 Å². The molecule has 0 aliphatic carbocycles. The lowest BCUT2D eigenvalue weighted by atomic mass is 10.2. The molecule has 0 radical (unpaired) electrons. The van der Waals surface area contributed by atoms with E-state index >= 15 is 0 Å². The summed E-state index contributed by atoms with van der Waals surface area (Å²) in [6, 6.07) is 6.66. The molecule has 0 atom stereocenters. The summed E-state index contributed by atoms with van der Waals surface area (Å²) in [6.45, 7) is 0. The van der Waals surface area contributed by atoms with Crippen molar-refractivity contribution >= 4 is 41.0 Å². The van der Waals surface area contributed by atoms with E-state index in [4.69, 9.17) is 23.2 Å². The quantitative estimate of drug-likeness (QED) is 0.774. The average molecular weight is 376 g/mol. The summed E-state index contributed by atoms with van der Waals surface area (Å²) in [5.41, 5.74) is -0.328. The van der Waals surface area contributed by atoms with E-state index in [0.717, 1.165) is 6.07 Å². The van der Waals surface area contributed by atoms with Gasteiger partial charge in [-0.05, 0) is 36.4 Å². The van der Waals surface area contributed by atoms with Crippen molar-refractivity contribution < 1.29 is 18.0 Å². The number of alkyl halides is 3. The molecule has 2 N–H and O–H groups in total. The number of halogens is 5. The zero-order valence-corrected chi connectivity index (χ0v) is 13.4. The van der Waals surface area contributed by atoms with Crippen molar-refractivity contribution in [3.8, 4) is 0 Å². The number of benzene rings is 1. The molecule has 2 aromatic rings. The molecule has 0 fully saturated rings. The maximum atomic E-state index is 12.5. The number of anilines is 1. The van der Waals surface area contributed by atoms with Crippen LogP contribution < -0.4 is 10.6 Å². The fourth-order valence-corrected chi connectivity index (χ4v) is 1.98. The van der Waals surface area contributed by atoms with Gasteiger partial charge in [-0.2, -0.15) is 13.2 Å². The SMILES string of the molecule is O=C(NC=Cc1ncc(C(F)(F)F)cc1Cl)Nc1ccc(Cl)cc1. The fourth-order valence-electron chi connectivity index (χ4n) is 1.62. The Kier molecular flexibility index (Phi) is 5.69. The summed E-state index contributed by atoms with van der Waals surface area (Å²) in [5.74, 6) is 0. The number of amides is 2. The van der Waals surface area contributed by atoms with Gasteiger partial charge in [0.25, 0.3) is 0 Å². The highest BCUT2D eigenvalue weighted by molar-refractivity contribution is 6.32. The number of nitrogens with zero attached hydrogens (tertiary/aromatic N) is 1. The van der Waals surface area contributed by atoms with Gasteiger partial charge in [0.2, 0.25) is 0 Å². The topological polar surface area (TPSA) is 54.0 Å². The standard InChI is InChI=1S/C15H10Cl2F3N3O/c16-10-1-3-11(4-2-10)23-14(24)21-6-5-13-12(17)7-9(8-22-13)15(18,19)20/h1-8H,(H2,21,23,24). The number of pyridine rings is 1. The number of carbonyl (C=O) groups is 1. The predicted octanol–water partition coefficient (Wildman–Crippen LogP) is 5.20. The Morgan fingerprint density at radius 1 is 1.17 bits per heavy atom. The van der Waals surface area contributed by atoms with Crippen molar-refractivity contribution in [2.45, 2.75) is 6.18 Å². The molecular weight excluding hydrogens is 366 g/mol. The highest BCUT2D eigenvalue weighted by Gasteiger charge is 2.31. The minimum absolute atomic E-state index is 0.0939. The van der Waals surface area contributed by atoms with Gasteiger partial charge in [0.15, 0.2) is 0 Å². The van der Waals surface area contributed by atoms with Crippen LogP contribution in [-0.4, -0.2) is 11.0 Å². The van der Waals surface area contributed by atoms with Gasteiger partial charge in [-0.1, -0.05) is 23.2 Å². The van der Waals surface area contributed by atoms with Crippen LogP contribution in [0.4, 0.5) is 23.7 Å². The van der Waals surface area contributed by atoms with E-state index in [0.29, 0.717) is 16.9 Å². The lowest BCUT2D eigenvalue weighted by Gasteiger charge is -2.07. The summed E-state index contributed by atoms with van der Waals surface area (Å²) in [7, 11) is 0. The number of carbonyl (C=O) groups excluding carboxylic acids is 1. The maximum Gasteiger partial charge on any atom is 0.417 e. The van der Waals surface area contributed by atoms with Gasteiger partial charge in [0, 0.05) is 23.1 Å². The van der Waals surface area contributed by atoms with Crippen LogP contribution in [0.2, 0.25) is 10.0 Å². The van der Waals surface area contributed by atoms with Gasteiger partial charge in [0.05, 0.1) is 16.3 Å². The van der Waals surface area contributed by atoms with Crippen LogP contribution in [-0.2, 0) is 6.18 Å². The van der Waals surface area contributed by atoms with Crippen LogP contribution in [0, 0.1) is 0 Å². The number of hydrogen-bond donors (Lipinski definition) is 2. The maximum absolute atomic E-state index is 12.5. The molecule has 4 nitrogen and oxygen atoms in total. The van der Waals surface area contributed by atoms with Crippen LogP contribution in [0.3, 0.4) is 0 Å². The fraction of sp³-hybridized carbons (Fsp3) is 0.0667. The Bertz CT molecular complexity index is 762. The molecule has 0 aliphatic heterocycles. The molecule has 0 saturated carbocycles. The van der Waals surface area contributed by atoms with E-state index in [1.165, 1.54) is 12.3 Å². The molecule has 1 aromatic heterocycles. The van der Waals surface area contributed by atoms with Gasteiger partial charge in [-0.15, -0.1) is 0 Å². The van der Waals surface area contributed by atoms with E-state index in [1.807, 2.05) is 0 Å². The molecule has 2 amide bonds. The second-order valence-electron chi connectivity index (χ2n) is 4.53. The molecule has 9 heteroatoms. The van der Waals surface area contributed by atoms with Crippen LogP contribution in [0.15, 0.2) is 42.7 Å².